The van der Waals surface area contributed by atoms with Crippen LogP contribution in [0.2, 0.25) is 0 Å². The molecule has 0 aliphatic carbocycles. The van der Waals surface area contributed by atoms with Crippen molar-refractivity contribution in [3.8, 4) is 0 Å². The van der Waals surface area contributed by atoms with Crippen LogP contribution < -0.4 is 10.6 Å². The zero-order chi connectivity index (χ0) is 13.1. The first-order valence-electron chi connectivity index (χ1n) is 5.19. The first-order chi connectivity index (χ1) is 8.58. The Hall–Kier alpha value is -1.28. The third-order valence-electron chi connectivity index (χ3n) is 2.45. The Morgan fingerprint density at radius 2 is 1.78 bits per heavy atom. The molecule has 0 radical (unpaired) electrons. The monoisotopic (exact) mass is 370 g/mol. The van der Waals surface area contributed by atoms with E-state index in [1.165, 1.54) is 0 Å². The molecule has 0 spiro atoms. The number of rotatable bonds is 3. The summed E-state index contributed by atoms with van der Waals surface area (Å²) in [6.45, 7) is 0. The fourth-order valence-electron chi connectivity index (χ4n) is 1.44. The highest BCUT2D eigenvalue weighted by molar-refractivity contribution is 14.1. The fraction of sp³-hybridized carbons (Fsp3) is 0.0833. The van der Waals surface area contributed by atoms with Crippen LogP contribution in [0.1, 0.15) is 5.56 Å². The van der Waals surface area contributed by atoms with Gasteiger partial charge in [0, 0.05) is 34.3 Å². The fourth-order valence-corrected chi connectivity index (χ4v) is 1.86. The Labute approximate surface area is 124 Å². The van der Waals surface area contributed by atoms with E-state index in [4.69, 9.17) is 18.0 Å². The number of nitrogens with two attached hydrogens (primary N) is 1. The van der Waals surface area contributed by atoms with Crippen molar-refractivity contribution in [2.75, 3.05) is 11.9 Å². The van der Waals surface area contributed by atoms with Crippen molar-refractivity contribution in [3.63, 3.8) is 0 Å². The molecule has 0 unspecified atom stereocenters. The van der Waals surface area contributed by atoms with Gasteiger partial charge in [0.15, 0.2) is 0 Å². The van der Waals surface area contributed by atoms with Crippen molar-refractivity contribution in [3.05, 3.63) is 45.8 Å². The van der Waals surface area contributed by atoms with Crippen LogP contribution in [-0.2, 0) is 0 Å². The number of hydrogen-bond donors (Lipinski definition) is 1. The highest BCUT2D eigenvalue weighted by Crippen LogP contribution is 2.20. The smallest absolute Gasteiger partial charge is 0.229 e. The number of nitrogens with zero attached hydrogens (tertiary/aromatic N) is 3. The number of anilines is 2. The SMILES string of the molecule is CN(c1ccc(C(N)=S)cc1)c1ncc(I)cn1. The molecule has 1 aromatic carbocycles. The Morgan fingerprint density at radius 1 is 1.22 bits per heavy atom. The summed E-state index contributed by atoms with van der Waals surface area (Å²) in [5, 5.41) is 0. The number of aromatic nitrogens is 2. The van der Waals surface area contributed by atoms with E-state index in [0.29, 0.717) is 10.9 Å². The van der Waals surface area contributed by atoms with E-state index in [9.17, 15) is 0 Å². The molecule has 1 aromatic heterocycles. The molecule has 2 aromatic rings. The molecule has 0 atom stereocenters. The maximum atomic E-state index is 5.56. The van der Waals surface area contributed by atoms with E-state index in [0.717, 1.165) is 14.8 Å². The second-order valence-corrected chi connectivity index (χ2v) is 5.36. The number of halogens is 1. The van der Waals surface area contributed by atoms with Gasteiger partial charge in [0.1, 0.15) is 4.99 Å². The molecule has 0 amide bonds. The molecule has 92 valence electrons. The summed E-state index contributed by atoms with van der Waals surface area (Å²) in [6, 6.07) is 7.66. The minimum absolute atomic E-state index is 0.398. The van der Waals surface area contributed by atoms with Gasteiger partial charge in [-0.3, -0.25) is 0 Å². The molecule has 0 fully saturated rings. The highest BCUT2D eigenvalue weighted by atomic mass is 127. The molecule has 4 nitrogen and oxygen atoms in total. The molecule has 0 saturated carbocycles. The largest absolute Gasteiger partial charge is 0.389 e. The third-order valence-corrected chi connectivity index (χ3v) is 3.24. The van der Waals surface area contributed by atoms with Gasteiger partial charge in [-0.05, 0) is 46.9 Å². The lowest BCUT2D eigenvalue weighted by Crippen LogP contribution is -2.14. The number of hydrogen-bond acceptors (Lipinski definition) is 4. The predicted octanol–water partition coefficient (Wildman–Crippen LogP) is 2.48. The van der Waals surface area contributed by atoms with Gasteiger partial charge in [-0.1, -0.05) is 12.2 Å². The van der Waals surface area contributed by atoms with E-state index in [1.54, 1.807) is 12.4 Å². The zero-order valence-electron chi connectivity index (χ0n) is 9.67. The first-order valence-corrected chi connectivity index (χ1v) is 6.68. The Morgan fingerprint density at radius 3 is 2.28 bits per heavy atom. The lowest BCUT2D eigenvalue weighted by molar-refractivity contribution is 1.03. The van der Waals surface area contributed by atoms with Gasteiger partial charge in [-0.15, -0.1) is 0 Å². The van der Waals surface area contributed by atoms with E-state index in [2.05, 4.69) is 32.6 Å². The van der Waals surface area contributed by atoms with Gasteiger partial charge >= 0.3 is 0 Å². The Bertz CT molecular complexity index is 553. The third kappa shape index (κ3) is 2.94. The molecule has 6 heteroatoms. The standard InChI is InChI=1S/C12H11IN4S/c1-17(12-15-6-9(13)7-16-12)10-4-2-8(3-5-10)11(14)18/h2-7H,1H3,(H2,14,18). The number of benzene rings is 1. The topological polar surface area (TPSA) is 55.0 Å². The molecule has 2 N–H and O–H groups in total. The quantitative estimate of drug-likeness (QED) is 0.665. The van der Waals surface area contributed by atoms with Crippen molar-refractivity contribution < 1.29 is 0 Å². The molecule has 1 heterocycles. The lowest BCUT2D eigenvalue weighted by atomic mass is 10.2. The average molecular weight is 370 g/mol. The van der Waals surface area contributed by atoms with Gasteiger partial charge in [-0.2, -0.15) is 0 Å². The van der Waals surface area contributed by atoms with Gasteiger partial charge in [-0.25, -0.2) is 9.97 Å². The van der Waals surface area contributed by atoms with Gasteiger partial charge in [0.05, 0.1) is 0 Å². The van der Waals surface area contributed by atoms with Crippen LogP contribution >= 0.6 is 34.8 Å². The molecule has 0 bridgehead atoms. The van der Waals surface area contributed by atoms with Crippen LogP contribution in [0.3, 0.4) is 0 Å². The Balaban J connectivity index is 2.25. The second-order valence-electron chi connectivity index (χ2n) is 3.67. The first kappa shape index (κ1) is 13.2. The molecular weight excluding hydrogens is 359 g/mol. The highest BCUT2D eigenvalue weighted by Gasteiger charge is 2.06. The summed E-state index contributed by atoms with van der Waals surface area (Å²) in [5.74, 6) is 0.651. The maximum absolute atomic E-state index is 5.56. The lowest BCUT2D eigenvalue weighted by Gasteiger charge is -2.17. The minimum Gasteiger partial charge on any atom is -0.389 e. The maximum Gasteiger partial charge on any atom is 0.229 e. The summed E-state index contributed by atoms with van der Waals surface area (Å²) >= 11 is 7.09. The van der Waals surface area contributed by atoms with Crippen LogP contribution in [0.15, 0.2) is 36.7 Å². The summed E-state index contributed by atoms with van der Waals surface area (Å²) in [4.78, 5) is 10.8. The summed E-state index contributed by atoms with van der Waals surface area (Å²) in [5.41, 5.74) is 7.40. The molecule has 0 aliphatic rings. The average Bonchev–Trinajstić information content (AvgIpc) is 2.39. The van der Waals surface area contributed by atoms with Crippen molar-refractivity contribution in [1.29, 1.82) is 0 Å². The van der Waals surface area contributed by atoms with E-state index < -0.39 is 0 Å². The van der Waals surface area contributed by atoms with Crippen LogP contribution in [-0.4, -0.2) is 22.0 Å². The number of thiocarbonyl (C=S) groups is 1. The molecule has 0 saturated heterocycles. The molecular formula is C12H11IN4S. The van der Waals surface area contributed by atoms with E-state index in [-0.39, 0.29) is 0 Å². The van der Waals surface area contributed by atoms with Crippen molar-refractivity contribution in [1.82, 2.24) is 9.97 Å². The summed E-state index contributed by atoms with van der Waals surface area (Å²) in [6.07, 6.45) is 3.56. The van der Waals surface area contributed by atoms with E-state index in [1.807, 2.05) is 36.2 Å². The molecule has 0 aliphatic heterocycles. The van der Waals surface area contributed by atoms with Gasteiger partial charge in [0.2, 0.25) is 5.95 Å². The minimum atomic E-state index is 0.398. The van der Waals surface area contributed by atoms with Crippen molar-refractivity contribution >= 4 is 51.4 Å². The molecule has 2 rings (SSSR count). The van der Waals surface area contributed by atoms with Crippen LogP contribution in [0.5, 0.6) is 0 Å². The Kier molecular flexibility index (Phi) is 4.07. The summed E-state index contributed by atoms with van der Waals surface area (Å²) in [7, 11) is 1.91. The normalized spacial score (nSPS) is 10.1. The van der Waals surface area contributed by atoms with Crippen molar-refractivity contribution in [2.45, 2.75) is 0 Å². The van der Waals surface area contributed by atoms with Crippen molar-refractivity contribution in [2.24, 2.45) is 5.73 Å². The van der Waals surface area contributed by atoms with Gasteiger partial charge in [0.25, 0.3) is 0 Å². The van der Waals surface area contributed by atoms with Crippen LogP contribution in [0.25, 0.3) is 0 Å². The van der Waals surface area contributed by atoms with E-state index >= 15 is 0 Å². The second kappa shape index (κ2) is 5.57. The van der Waals surface area contributed by atoms with Crippen LogP contribution in [0.4, 0.5) is 11.6 Å². The van der Waals surface area contributed by atoms with Gasteiger partial charge < -0.3 is 10.6 Å². The zero-order valence-corrected chi connectivity index (χ0v) is 12.6. The molecule has 18 heavy (non-hydrogen) atoms. The van der Waals surface area contributed by atoms with Crippen LogP contribution in [0, 0.1) is 3.57 Å². The summed E-state index contributed by atoms with van der Waals surface area (Å²) < 4.78 is 1.01. The predicted molar refractivity (Wildman–Crippen MR) is 85.1 cm³/mol.